The van der Waals surface area contributed by atoms with Gasteiger partial charge in [0.2, 0.25) is 0 Å². The molecule has 0 spiro atoms. The van der Waals surface area contributed by atoms with E-state index in [0.717, 1.165) is 5.56 Å². The van der Waals surface area contributed by atoms with E-state index in [-0.39, 0.29) is 23.0 Å². The SMILES string of the molecule is CC(C)(C)C1C(c2ccc(Cl)c(Cl)c2)NCCN1C(=O)O.O. The first kappa shape index (κ1) is 19.0. The van der Waals surface area contributed by atoms with Crippen LogP contribution < -0.4 is 5.32 Å². The molecule has 2 unspecified atom stereocenters. The van der Waals surface area contributed by atoms with Crippen LogP contribution in [0.1, 0.15) is 32.4 Å². The number of carbonyl (C=O) groups is 1. The van der Waals surface area contributed by atoms with Gasteiger partial charge in [0.05, 0.1) is 22.1 Å². The predicted molar refractivity (Wildman–Crippen MR) is 88.8 cm³/mol. The van der Waals surface area contributed by atoms with Crippen LogP contribution in [0.25, 0.3) is 0 Å². The van der Waals surface area contributed by atoms with Gasteiger partial charge in [0.1, 0.15) is 0 Å². The lowest BCUT2D eigenvalue weighted by Crippen LogP contribution is -2.59. The van der Waals surface area contributed by atoms with E-state index in [0.29, 0.717) is 23.1 Å². The average Bonchev–Trinajstić information content (AvgIpc) is 2.40. The Morgan fingerprint density at radius 1 is 1.32 bits per heavy atom. The van der Waals surface area contributed by atoms with Crippen LogP contribution >= 0.6 is 23.2 Å². The fourth-order valence-electron chi connectivity index (χ4n) is 2.96. The monoisotopic (exact) mass is 348 g/mol. The number of piperazine rings is 1. The quantitative estimate of drug-likeness (QED) is 0.817. The van der Waals surface area contributed by atoms with Crippen molar-refractivity contribution in [1.82, 2.24) is 10.2 Å². The van der Waals surface area contributed by atoms with Crippen molar-refractivity contribution < 1.29 is 15.4 Å². The molecular weight excluding hydrogens is 327 g/mol. The Bertz CT molecular complexity index is 546. The standard InChI is InChI=1S/C15H20Cl2N2O2.H2O/c1-15(2,3)13-12(18-6-7-19(13)14(20)21)9-4-5-10(16)11(17)8-9;/h4-5,8,12-13,18H,6-7H2,1-3H3,(H,20,21);1H2. The maximum Gasteiger partial charge on any atom is 0.407 e. The molecule has 1 aromatic carbocycles. The van der Waals surface area contributed by atoms with Gasteiger partial charge in [-0.05, 0) is 23.1 Å². The minimum absolute atomic E-state index is 0. The summed E-state index contributed by atoms with van der Waals surface area (Å²) in [5.41, 5.74) is 0.748. The van der Waals surface area contributed by atoms with Gasteiger partial charge in [0, 0.05) is 13.1 Å². The molecule has 1 heterocycles. The van der Waals surface area contributed by atoms with Crippen LogP contribution in [0.5, 0.6) is 0 Å². The third-order valence-electron chi connectivity index (χ3n) is 3.80. The summed E-state index contributed by atoms with van der Waals surface area (Å²) in [5.74, 6) is 0. The molecule has 0 saturated carbocycles. The van der Waals surface area contributed by atoms with E-state index >= 15 is 0 Å². The second kappa shape index (κ2) is 7.04. The molecule has 22 heavy (non-hydrogen) atoms. The van der Waals surface area contributed by atoms with Crippen molar-refractivity contribution in [2.45, 2.75) is 32.9 Å². The van der Waals surface area contributed by atoms with Gasteiger partial charge in [-0.15, -0.1) is 0 Å². The number of nitrogens with one attached hydrogen (secondary N) is 1. The molecule has 4 N–H and O–H groups in total. The first-order valence-electron chi connectivity index (χ1n) is 6.89. The summed E-state index contributed by atoms with van der Waals surface area (Å²) < 4.78 is 0. The smallest absolute Gasteiger partial charge is 0.407 e. The van der Waals surface area contributed by atoms with Crippen LogP contribution in [0.15, 0.2) is 18.2 Å². The van der Waals surface area contributed by atoms with Crippen molar-refractivity contribution in [3.63, 3.8) is 0 Å². The molecule has 0 radical (unpaired) electrons. The van der Waals surface area contributed by atoms with Crippen LogP contribution in [0.3, 0.4) is 0 Å². The van der Waals surface area contributed by atoms with Gasteiger partial charge >= 0.3 is 6.09 Å². The minimum Gasteiger partial charge on any atom is -0.465 e. The third-order valence-corrected chi connectivity index (χ3v) is 4.54. The maximum atomic E-state index is 11.6. The molecule has 1 saturated heterocycles. The number of benzene rings is 1. The van der Waals surface area contributed by atoms with E-state index in [1.807, 2.05) is 32.9 Å². The Morgan fingerprint density at radius 2 is 1.95 bits per heavy atom. The Morgan fingerprint density at radius 3 is 2.45 bits per heavy atom. The number of nitrogens with zero attached hydrogens (tertiary/aromatic N) is 1. The van der Waals surface area contributed by atoms with Gasteiger partial charge in [0.15, 0.2) is 0 Å². The average molecular weight is 349 g/mol. The highest BCUT2D eigenvalue weighted by Crippen LogP contribution is 2.37. The van der Waals surface area contributed by atoms with E-state index in [9.17, 15) is 9.90 Å². The fraction of sp³-hybridized carbons (Fsp3) is 0.533. The summed E-state index contributed by atoms with van der Waals surface area (Å²) in [6.07, 6.45) is -0.888. The lowest BCUT2D eigenvalue weighted by molar-refractivity contribution is 0.0409. The molecule has 1 aliphatic rings. The van der Waals surface area contributed by atoms with Crippen LogP contribution in [0.4, 0.5) is 4.79 Å². The Kier molecular flexibility index (Phi) is 6.10. The lowest BCUT2D eigenvalue weighted by atomic mass is 9.78. The Balaban J connectivity index is 0.00000242. The molecule has 2 atom stereocenters. The Labute approximate surface area is 140 Å². The van der Waals surface area contributed by atoms with Gasteiger partial charge in [-0.25, -0.2) is 4.79 Å². The molecule has 0 bridgehead atoms. The summed E-state index contributed by atoms with van der Waals surface area (Å²) in [4.78, 5) is 13.1. The summed E-state index contributed by atoms with van der Waals surface area (Å²) >= 11 is 12.1. The van der Waals surface area contributed by atoms with E-state index in [1.54, 1.807) is 6.07 Å². The number of amides is 1. The molecular formula is C15H22Cl2N2O3. The molecule has 1 aliphatic heterocycles. The number of halogens is 2. The molecule has 1 amide bonds. The fourth-order valence-corrected chi connectivity index (χ4v) is 3.27. The normalized spacial score (nSPS) is 22.1. The van der Waals surface area contributed by atoms with Crippen LogP contribution in [-0.4, -0.2) is 40.7 Å². The van der Waals surface area contributed by atoms with Crippen LogP contribution in [0, 0.1) is 5.41 Å². The number of rotatable bonds is 1. The summed E-state index contributed by atoms with van der Waals surface area (Å²) in [5, 5.41) is 13.9. The second-order valence-electron chi connectivity index (χ2n) is 6.39. The van der Waals surface area contributed by atoms with Crippen molar-refractivity contribution in [3.05, 3.63) is 33.8 Å². The largest absolute Gasteiger partial charge is 0.465 e. The third kappa shape index (κ3) is 3.84. The second-order valence-corrected chi connectivity index (χ2v) is 7.21. The van der Waals surface area contributed by atoms with E-state index in [1.165, 1.54) is 4.90 Å². The maximum absolute atomic E-state index is 11.6. The summed E-state index contributed by atoms with van der Waals surface area (Å²) in [6.45, 7) is 7.24. The molecule has 7 heteroatoms. The van der Waals surface area contributed by atoms with Crippen LogP contribution in [0.2, 0.25) is 10.0 Å². The van der Waals surface area contributed by atoms with Crippen molar-refractivity contribution in [3.8, 4) is 0 Å². The highest BCUT2D eigenvalue weighted by atomic mass is 35.5. The zero-order chi connectivity index (χ0) is 15.8. The highest BCUT2D eigenvalue weighted by molar-refractivity contribution is 6.42. The number of carboxylic acid groups (broad SMARTS) is 1. The predicted octanol–water partition coefficient (Wildman–Crippen LogP) is 3.21. The molecule has 1 aromatic rings. The number of hydrogen-bond donors (Lipinski definition) is 2. The summed E-state index contributed by atoms with van der Waals surface area (Å²) in [7, 11) is 0. The number of hydrogen-bond acceptors (Lipinski definition) is 2. The zero-order valence-corrected chi connectivity index (χ0v) is 14.4. The van der Waals surface area contributed by atoms with E-state index < -0.39 is 6.09 Å². The first-order chi connectivity index (χ1) is 9.71. The zero-order valence-electron chi connectivity index (χ0n) is 12.9. The topological polar surface area (TPSA) is 84.1 Å². The first-order valence-corrected chi connectivity index (χ1v) is 7.65. The van der Waals surface area contributed by atoms with Crippen molar-refractivity contribution in [1.29, 1.82) is 0 Å². The molecule has 5 nitrogen and oxygen atoms in total. The molecule has 2 rings (SSSR count). The Hall–Kier alpha value is -1.01. The van der Waals surface area contributed by atoms with Gasteiger partial charge < -0.3 is 20.8 Å². The van der Waals surface area contributed by atoms with E-state index in [4.69, 9.17) is 23.2 Å². The van der Waals surface area contributed by atoms with Gasteiger partial charge in [0.25, 0.3) is 0 Å². The summed E-state index contributed by atoms with van der Waals surface area (Å²) in [6, 6.07) is 5.17. The molecule has 0 aliphatic carbocycles. The van der Waals surface area contributed by atoms with Gasteiger partial charge in [-0.2, -0.15) is 0 Å². The van der Waals surface area contributed by atoms with Crippen molar-refractivity contribution in [2.24, 2.45) is 5.41 Å². The molecule has 0 aromatic heterocycles. The van der Waals surface area contributed by atoms with E-state index in [2.05, 4.69) is 5.32 Å². The molecule has 1 fully saturated rings. The van der Waals surface area contributed by atoms with Gasteiger partial charge in [-0.1, -0.05) is 50.0 Å². The van der Waals surface area contributed by atoms with Crippen molar-refractivity contribution >= 4 is 29.3 Å². The lowest BCUT2D eigenvalue weighted by Gasteiger charge is -2.47. The minimum atomic E-state index is -0.888. The highest BCUT2D eigenvalue weighted by Gasteiger charge is 2.42. The molecule has 124 valence electrons. The van der Waals surface area contributed by atoms with Crippen molar-refractivity contribution in [2.75, 3.05) is 13.1 Å². The van der Waals surface area contributed by atoms with Crippen LogP contribution in [-0.2, 0) is 0 Å². The van der Waals surface area contributed by atoms with Gasteiger partial charge in [-0.3, -0.25) is 0 Å².